The fraction of sp³-hybridized carbons (Fsp3) is 0.682. The number of nitrogen functional groups attached to an aromatic ring is 1. The van der Waals surface area contributed by atoms with Crippen molar-refractivity contribution < 1.29 is 14.4 Å². The fourth-order valence-corrected chi connectivity index (χ4v) is 23.4. The van der Waals surface area contributed by atoms with E-state index in [1.54, 1.807) is 16.8 Å². The standard InChI is InChI=1S/C88H126N12O4/c1-61-45-81(103)100(72-26-24-25-69(50-72)93-84(104)67-27-28-67)83-73(61)58-92-85(95-83)94-77-32-30-71(44-63(77)3)99-42-41-98(36-23-19-15-11-7-5-9-12-16-20-33-90-79(101)56-86-51-64-46-65(52-86)48-66(47-64)53-86)78(59-99)82-74-49-68-54-87(55-75(82)88(68,74)60-87)57-80(102)91-34-21-17-13-8-4-6-10-14-18-22-35-96-37-39-97(40-38-96)70-29-31-76(89)62(2)43-70/h24-26,29-32,43-45,50,58,64-68,74-75,78,82H,4-23,27-28,33-42,46-49,51-57,59-60,89H2,1-3H3,(H,90,101)(H,91,102)(H,93,104)(H,92,94,95). The van der Waals surface area contributed by atoms with Crippen molar-refractivity contribution in [1.29, 1.82) is 0 Å². The number of aryl methyl sites for hydroxylation is 3. The molecule has 3 amide bonds. The molecular formula is C88H126N12O4. The second-order valence-corrected chi connectivity index (χ2v) is 35.8. The van der Waals surface area contributed by atoms with Gasteiger partial charge in [0.25, 0.3) is 5.56 Å². The molecule has 11 fully saturated rings. The maximum Gasteiger partial charge on any atom is 0.257 e. The molecule has 9 aliphatic carbocycles. The first-order valence-corrected chi connectivity index (χ1v) is 42.2. The summed E-state index contributed by atoms with van der Waals surface area (Å²) in [7, 11) is 0. The zero-order valence-electron chi connectivity index (χ0n) is 63.8. The molecule has 1 spiro atoms. The van der Waals surface area contributed by atoms with Gasteiger partial charge in [-0.3, -0.25) is 33.5 Å². The van der Waals surface area contributed by atoms with Crippen molar-refractivity contribution in [3.8, 4) is 5.69 Å². The molecule has 6 bridgehead atoms. The van der Waals surface area contributed by atoms with Crippen molar-refractivity contribution in [3.05, 3.63) is 100.0 Å². The molecule has 16 rings (SSSR count). The Morgan fingerprint density at radius 3 is 1.81 bits per heavy atom. The molecule has 9 saturated carbocycles. The Labute approximate surface area is 621 Å². The van der Waals surface area contributed by atoms with E-state index < -0.39 is 0 Å². The van der Waals surface area contributed by atoms with E-state index in [-0.39, 0.29) is 22.8 Å². The highest BCUT2D eigenvalue weighted by atomic mass is 16.2. The first kappa shape index (κ1) is 73.0. The van der Waals surface area contributed by atoms with Gasteiger partial charge in [0.15, 0.2) is 5.65 Å². The third kappa shape index (κ3) is 16.5. The number of hydrogen-bond donors (Lipinski definition) is 5. The molecule has 4 heterocycles. The number of carbonyl (C=O) groups excluding carboxylic acids is 3. The van der Waals surface area contributed by atoms with Gasteiger partial charge < -0.3 is 36.8 Å². The lowest BCUT2D eigenvalue weighted by atomic mass is 9.33. The number of piperazine rings is 2. The maximum atomic E-state index is 14.0. The number of benzene rings is 3. The van der Waals surface area contributed by atoms with Gasteiger partial charge in [-0.2, -0.15) is 4.98 Å². The minimum Gasteiger partial charge on any atom is -0.399 e. The molecule has 3 aromatic carbocycles. The van der Waals surface area contributed by atoms with E-state index >= 15 is 0 Å². The van der Waals surface area contributed by atoms with Crippen LogP contribution in [0.4, 0.5) is 34.4 Å². The first-order valence-electron chi connectivity index (χ1n) is 42.2. The van der Waals surface area contributed by atoms with Crippen LogP contribution in [0.1, 0.15) is 235 Å². The number of nitrogens with zero attached hydrogens (tertiary/aromatic N) is 7. The summed E-state index contributed by atoms with van der Waals surface area (Å²) in [6.45, 7) is 17.9. The van der Waals surface area contributed by atoms with Crippen LogP contribution in [-0.2, 0) is 14.4 Å². The predicted molar refractivity (Wildman–Crippen MR) is 423 cm³/mol. The van der Waals surface area contributed by atoms with Crippen LogP contribution in [0, 0.1) is 84.4 Å². The molecule has 11 aliphatic rings. The minimum absolute atomic E-state index is 0.0227. The number of hydrogen-bond acceptors (Lipinski definition) is 12. The second kappa shape index (κ2) is 32.5. The Morgan fingerprint density at radius 2 is 1.16 bits per heavy atom. The van der Waals surface area contributed by atoms with Gasteiger partial charge in [-0.1, -0.05) is 109 Å². The highest BCUT2D eigenvalue weighted by molar-refractivity contribution is 5.94. The quantitative estimate of drug-likeness (QED) is 0.0186. The smallest absolute Gasteiger partial charge is 0.257 e. The topological polar surface area (TPSA) is 186 Å². The summed E-state index contributed by atoms with van der Waals surface area (Å²) in [5.41, 5.74) is 16.1. The number of aromatic nitrogens is 3. The summed E-state index contributed by atoms with van der Waals surface area (Å²) in [6.07, 6.45) is 44.3. The lowest BCUT2D eigenvalue weighted by Gasteiger charge is -2.73. The number of unbranched alkanes of at least 4 members (excludes halogenated alkanes) is 18. The largest absolute Gasteiger partial charge is 0.399 e. The van der Waals surface area contributed by atoms with E-state index in [4.69, 9.17) is 15.7 Å². The molecule has 2 saturated heterocycles. The Morgan fingerprint density at radius 1 is 0.567 bits per heavy atom. The number of fused-ring (bicyclic) bond motifs is 2. The predicted octanol–water partition coefficient (Wildman–Crippen LogP) is 16.8. The average molecular weight is 1420 g/mol. The van der Waals surface area contributed by atoms with Crippen molar-refractivity contribution in [3.63, 3.8) is 0 Å². The molecule has 6 N–H and O–H groups in total. The van der Waals surface area contributed by atoms with Crippen LogP contribution in [0.3, 0.4) is 0 Å². The molecule has 16 nitrogen and oxygen atoms in total. The molecule has 2 aromatic heterocycles. The molecule has 5 aromatic rings. The monoisotopic (exact) mass is 1420 g/mol. The Hall–Kier alpha value is -6.52. The number of nitrogens with one attached hydrogen (secondary N) is 4. The van der Waals surface area contributed by atoms with Crippen molar-refractivity contribution in [2.45, 2.75) is 245 Å². The van der Waals surface area contributed by atoms with Gasteiger partial charge >= 0.3 is 0 Å². The third-order valence-electron chi connectivity index (χ3n) is 28.4. The van der Waals surface area contributed by atoms with E-state index in [0.717, 1.165) is 161 Å². The van der Waals surface area contributed by atoms with Crippen molar-refractivity contribution in [1.82, 2.24) is 35.0 Å². The van der Waals surface area contributed by atoms with Gasteiger partial charge in [-0.05, 0) is 266 Å². The van der Waals surface area contributed by atoms with Crippen LogP contribution in [0.25, 0.3) is 16.7 Å². The zero-order chi connectivity index (χ0) is 71.4. The van der Waals surface area contributed by atoms with Crippen LogP contribution in [0.15, 0.2) is 77.7 Å². The lowest BCUT2D eigenvalue weighted by molar-refractivity contribution is -0.249. The molecule has 2 aliphatic heterocycles. The normalized spacial score (nSPS) is 28.0. The summed E-state index contributed by atoms with van der Waals surface area (Å²) in [5.74, 6) is 6.85. The minimum atomic E-state index is -0.192. The van der Waals surface area contributed by atoms with E-state index in [1.165, 1.54) is 210 Å². The van der Waals surface area contributed by atoms with E-state index in [0.29, 0.717) is 57.6 Å². The summed E-state index contributed by atoms with van der Waals surface area (Å²) < 4.78 is 1.62. The van der Waals surface area contributed by atoms with Crippen molar-refractivity contribution >= 4 is 63.1 Å². The number of carbonyl (C=O) groups is 3. The molecule has 562 valence electrons. The van der Waals surface area contributed by atoms with Gasteiger partial charge in [0.1, 0.15) is 0 Å². The zero-order valence-corrected chi connectivity index (χ0v) is 63.8. The number of rotatable bonds is 38. The van der Waals surface area contributed by atoms with Crippen molar-refractivity contribution in [2.75, 3.05) is 98.2 Å². The van der Waals surface area contributed by atoms with Crippen LogP contribution in [-0.4, -0.2) is 120 Å². The van der Waals surface area contributed by atoms with E-state index in [2.05, 4.69) is 85.0 Å². The fourth-order valence-electron chi connectivity index (χ4n) is 23.4. The molecule has 104 heavy (non-hydrogen) atoms. The average Bonchev–Trinajstić information content (AvgIpc) is 1.44. The van der Waals surface area contributed by atoms with E-state index in [9.17, 15) is 19.2 Å². The van der Waals surface area contributed by atoms with Crippen LogP contribution < -0.4 is 42.4 Å². The molecular weight excluding hydrogens is 1290 g/mol. The van der Waals surface area contributed by atoms with Gasteiger partial charge in [0.05, 0.1) is 5.69 Å². The third-order valence-corrected chi connectivity index (χ3v) is 28.4. The second-order valence-electron chi connectivity index (χ2n) is 35.8. The Kier molecular flexibility index (Phi) is 22.8. The highest BCUT2D eigenvalue weighted by Gasteiger charge is 2.82. The Bertz CT molecular complexity index is 3840. The summed E-state index contributed by atoms with van der Waals surface area (Å²) in [4.78, 5) is 74.2. The Balaban J connectivity index is 0.508. The molecule has 7 unspecified atom stereocenters. The summed E-state index contributed by atoms with van der Waals surface area (Å²) in [5, 5.41) is 14.2. The van der Waals surface area contributed by atoms with Crippen LogP contribution >= 0.6 is 0 Å². The number of amides is 3. The van der Waals surface area contributed by atoms with E-state index in [1.807, 2.05) is 37.3 Å². The number of pyridine rings is 1. The van der Waals surface area contributed by atoms with Gasteiger partial charge in [0.2, 0.25) is 23.7 Å². The highest BCUT2D eigenvalue weighted by Crippen LogP contribution is 2.87. The summed E-state index contributed by atoms with van der Waals surface area (Å²) in [6, 6.07) is 22.8. The SMILES string of the molecule is Cc1cc(N2CCN(CCCCCCCCCCCCNC(=O)CC34CC5CC6C(C7CN(c8ccc(Nc9ncc%10c(C)cc(=O)n(-c%11cccc(NC(=O)C%12CC%12)c%11)c%10n9)c(C)c8)CCN7CCCCCCCCCCCCNC(=O)CC78CC9CC(CC(C9)C7)C8)C(C3)C56C4)CC2)ccc1N. The number of anilines is 6. The van der Waals surface area contributed by atoms with Crippen molar-refractivity contribution in [2.24, 2.45) is 63.6 Å². The summed E-state index contributed by atoms with van der Waals surface area (Å²) >= 11 is 0. The molecule has 0 radical (unpaired) electrons. The van der Waals surface area contributed by atoms with Gasteiger partial charge in [-0.25, -0.2) is 4.98 Å². The van der Waals surface area contributed by atoms with Gasteiger partial charge in [-0.15, -0.1) is 0 Å². The maximum absolute atomic E-state index is 14.0. The lowest BCUT2D eigenvalue weighted by Crippen LogP contribution is -2.72. The van der Waals surface area contributed by atoms with Gasteiger partial charge in [0, 0.05) is 130 Å². The molecule has 7 atom stereocenters. The molecule has 16 heteroatoms. The number of nitrogens with two attached hydrogens (primary N) is 1. The van der Waals surface area contributed by atoms with Crippen LogP contribution in [0.2, 0.25) is 0 Å². The first-order chi connectivity index (χ1) is 50.7. The van der Waals surface area contributed by atoms with Crippen LogP contribution in [0.5, 0.6) is 0 Å².